The summed E-state index contributed by atoms with van der Waals surface area (Å²) in [6.45, 7) is 3.92. The molecule has 2 saturated heterocycles. The maximum Gasteiger partial charge on any atom is 0.291 e. The minimum absolute atomic E-state index is 0.291. The second kappa shape index (κ2) is 6.29. The predicted molar refractivity (Wildman–Crippen MR) is 97.8 cm³/mol. The van der Waals surface area contributed by atoms with Crippen LogP contribution >= 0.6 is 11.6 Å². The van der Waals surface area contributed by atoms with E-state index in [1.165, 1.54) is 4.90 Å². The summed E-state index contributed by atoms with van der Waals surface area (Å²) in [5.41, 5.74) is -0.0742. The van der Waals surface area contributed by atoms with Gasteiger partial charge in [0, 0.05) is 17.1 Å². The van der Waals surface area contributed by atoms with E-state index in [0.717, 1.165) is 6.42 Å². The van der Waals surface area contributed by atoms with Crippen LogP contribution in [0.25, 0.3) is 0 Å². The first-order valence-electron chi connectivity index (χ1n) is 9.33. The van der Waals surface area contributed by atoms with Gasteiger partial charge in [0.2, 0.25) is 17.4 Å². The molecule has 1 aromatic rings. The van der Waals surface area contributed by atoms with Crippen molar-refractivity contribution in [3.8, 4) is 0 Å². The molecule has 3 aliphatic rings. The number of likely N-dealkylation sites (tertiary alicyclic amines) is 1. The number of halogens is 1. The molecule has 0 saturated carbocycles. The van der Waals surface area contributed by atoms with Gasteiger partial charge in [0.1, 0.15) is 24.0 Å². The number of nitrogens with zero attached hydrogens (tertiary/aromatic N) is 1. The van der Waals surface area contributed by atoms with Crippen molar-refractivity contribution in [1.29, 1.82) is 0 Å². The lowest BCUT2D eigenvalue weighted by Crippen LogP contribution is -3.00. The molecule has 7 nitrogen and oxygen atoms in total. The topological polar surface area (TPSA) is 103 Å². The zero-order chi connectivity index (χ0) is 19.5. The minimum atomic E-state index is -1.28. The summed E-state index contributed by atoms with van der Waals surface area (Å²) in [6, 6.07) is 4.49. The Hall–Kier alpha value is -1.96. The summed E-state index contributed by atoms with van der Waals surface area (Å²) in [5.74, 6) is -2.54. The van der Waals surface area contributed by atoms with Crippen LogP contribution < -0.4 is 10.6 Å². The number of unbranched alkanes of at least 4 members (excludes halogenated alkanes) is 1. The molecule has 0 aliphatic carbocycles. The molecule has 3 amide bonds. The molecule has 3 aliphatic heterocycles. The normalized spacial score (nSPS) is 32.8. The van der Waals surface area contributed by atoms with Crippen LogP contribution in [0.15, 0.2) is 18.2 Å². The van der Waals surface area contributed by atoms with Gasteiger partial charge < -0.3 is 15.7 Å². The van der Waals surface area contributed by atoms with E-state index in [2.05, 4.69) is 5.32 Å². The summed E-state index contributed by atoms with van der Waals surface area (Å²) in [6.07, 6.45) is 0.708. The maximum absolute atomic E-state index is 13.3. The molecule has 4 N–H and O–H groups in total. The minimum Gasteiger partial charge on any atom is -0.387 e. The number of benzene rings is 1. The molecule has 4 rings (SSSR count). The van der Waals surface area contributed by atoms with E-state index in [1.807, 2.05) is 6.92 Å². The Morgan fingerprint density at radius 3 is 2.74 bits per heavy atom. The van der Waals surface area contributed by atoms with Crippen LogP contribution in [-0.4, -0.2) is 46.4 Å². The van der Waals surface area contributed by atoms with Gasteiger partial charge in [-0.2, -0.15) is 0 Å². The fourth-order valence-corrected chi connectivity index (χ4v) is 5.07. The fraction of sp³-hybridized carbons (Fsp3) is 0.526. The number of carbonyl (C=O) groups excluding carboxylic acids is 3. The molecule has 144 valence electrons. The number of rotatable bonds is 4. The monoisotopic (exact) mass is 392 g/mol. The van der Waals surface area contributed by atoms with Crippen molar-refractivity contribution in [3.63, 3.8) is 0 Å². The lowest BCUT2D eigenvalue weighted by atomic mass is 9.76. The molecule has 0 unspecified atom stereocenters. The zero-order valence-corrected chi connectivity index (χ0v) is 16.0. The third kappa shape index (κ3) is 2.38. The summed E-state index contributed by atoms with van der Waals surface area (Å²) < 4.78 is 0. The van der Waals surface area contributed by atoms with Gasteiger partial charge in [-0.1, -0.05) is 24.9 Å². The number of aliphatic hydroxyl groups is 1. The van der Waals surface area contributed by atoms with Crippen LogP contribution in [0.3, 0.4) is 0 Å². The highest BCUT2D eigenvalue weighted by Gasteiger charge is 2.74. The third-order valence-electron chi connectivity index (χ3n) is 6.15. The number of fused-ring (bicyclic) bond motifs is 4. The zero-order valence-electron chi connectivity index (χ0n) is 15.2. The van der Waals surface area contributed by atoms with E-state index in [0.29, 0.717) is 29.2 Å². The number of aliphatic hydroxyl groups excluding tert-OH is 1. The molecule has 8 heteroatoms. The molecule has 27 heavy (non-hydrogen) atoms. The fourth-order valence-electron chi connectivity index (χ4n) is 4.89. The van der Waals surface area contributed by atoms with E-state index < -0.39 is 29.5 Å². The van der Waals surface area contributed by atoms with E-state index in [9.17, 15) is 19.5 Å². The summed E-state index contributed by atoms with van der Waals surface area (Å²) in [4.78, 5) is 40.7. The second-order valence-corrected chi connectivity index (χ2v) is 8.12. The Balaban J connectivity index is 1.86. The largest absolute Gasteiger partial charge is 0.387 e. The van der Waals surface area contributed by atoms with Gasteiger partial charge >= 0.3 is 0 Å². The lowest BCUT2D eigenvalue weighted by Gasteiger charge is -2.27. The van der Waals surface area contributed by atoms with Crippen LogP contribution in [0.1, 0.15) is 32.3 Å². The number of carbonyl (C=O) groups is 3. The SMILES string of the molecule is CCCCN1C(=O)[C@@H]2[C@H]([C@@H](C)O)[NH2+][C@@]3(C(=O)Nc4ccc(Cl)cc43)[C@@H]2C1=O. The average molecular weight is 393 g/mol. The van der Waals surface area contributed by atoms with Crippen molar-refractivity contribution in [2.45, 2.75) is 44.4 Å². The van der Waals surface area contributed by atoms with Crippen LogP contribution in [0.4, 0.5) is 5.69 Å². The summed E-state index contributed by atoms with van der Waals surface area (Å²) >= 11 is 6.17. The van der Waals surface area contributed by atoms with Crippen molar-refractivity contribution in [2.75, 3.05) is 11.9 Å². The van der Waals surface area contributed by atoms with Gasteiger partial charge in [-0.05, 0) is 31.5 Å². The van der Waals surface area contributed by atoms with Gasteiger partial charge in [-0.25, -0.2) is 0 Å². The molecular formula is C19H23ClN3O4+. The van der Waals surface area contributed by atoms with Gasteiger partial charge in [0.05, 0.1) is 5.69 Å². The van der Waals surface area contributed by atoms with Crippen LogP contribution in [0.2, 0.25) is 5.02 Å². The highest BCUT2D eigenvalue weighted by atomic mass is 35.5. The molecule has 1 aromatic carbocycles. The van der Waals surface area contributed by atoms with Crippen molar-refractivity contribution >= 4 is 35.0 Å². The highest BCUT2D eigenvalue weighted by Crippen LogP contribution is 2.49. The smallest absolute Gasteiger partial charge is 0.291 e. The number of anilines is 1. The number of hydrogen-bond acceptors (Lipinski definition) is 4. The Morgan fingerprint density at radius 1 is 1.33 bits per heavy atom. The van der Waals surface area contributed by atoms with Gasteiger partial charge in [-0.3, -0.25) is 19.3 Å². The quantitative estimate of drug-likeness (QED) is 0.637. The van der Waals surface area contributed by atoms with Crippen LogP contribution in [-0.2, 0) is 19.9 Å². The molecule has 0 radical (unpaired) electrons. The Kier molecular flexibility index (Phi) is 4.29. The van der Waals surface area contributed by atoms with Gasteiger partial charge in [0.15, 0.2) is 0 Å². The van der Waals surface area contributed by atoms with Crippen molar-refractivity contribution < 1.29 is 24.8 Å². The Bertz CT molecular complexity index is 842. The molecule has 2 fully saturated rings. The van der Waals surface area contributed by atoms with E-state index in [1.54, 1.807) is 30.4 Å². The summed E-state index contributed by atoms with van der Waals surface area (Å²) in [7, 11) is 0. The molecule has 5 atom stereocenters. The number of nitrogens with two attached hydrogens (primary N) is 1. The Labute approximate surface area is 162 Å². The standard InChI is InChI=1S/C19H22ClN3O4/c1-3-4-7-23-16(25)13-14(17(23)26)19(22-15(13)9(2)24)11-8-10(20)5-6-12(11)21-18(19)27/h5-6,8-9,13-15,22,24H,3-4,7H2,1-2H3,(H,21,27)/p+1/t9-,13+,14+,15+,19-/m1/s1. The van der Waals surface area contributed by atoms with Crippen molar-refractivity contribution in [1.82, 2.24) is 4.90 Å². The van der Waals surface area contributed by atoms with Crippen molar-refractivity contribution in [3.05, 3.63) is 28.8 Å². The first-order chi connectivity index (χ1) is 12.8. The number of hydrogen-bond donors (Lipinski definition) is 3. The van der Waals surface area contributed by atoms with Gasteiger partial charge in [0.25, 0.3) is 5.91 Å². The van der Waals surface area contributed by atoms with Crippen molar-refractivity contribution in [2.24, 2.45) is 11.8 Å². The van der Waals surface area contributed by atoms with E-state index in [4.69, 9.17) is 11.6 Å². The maximum atomic E-state index is 13.3. The van der Waals surface area contributed by atoms with Crippen LogP contribution in [0.5, 0.6) is 0 Å². The van der Waals surface area contributed by atoms with Gasteiger partial charge in [-0.15, -0.1) is 0 Å². The lowest BCUT2D eigenvalue weighted by molar-refractivity contribution is -0.738. The molecular weight excluding hydrogens is 370 g/mol. The number of quaternary nitrogens is 1. The average Bonchev–Trinajstić information content (AvgIpc) is 3.20. The number of imide groups is 1. The van der Waals surface area contributed by atoms with E-state index >= 15 is 0 Å². The number of amides is 3. The van der Waals surface area contributed by atoms with E-state index in [-0.39, 0.29) is 17.7 Å². The molecule has 1 spiro atoms. The Morgan fingerprint density at radius 2 is 2.07 bits per heavy atom. The molecule has 0 aromatic heterocycles. The first kappa shape index (κ1) is 18.4. The highest BCUT2D eigenvalue weighted by molar-refractivity contribution is 6.31. The second-order valence-electron chi connectivity index (χ2n) is 7.68. The molecule has 3 heterocycles. The summed E-state index contributed by atoms with van der Waals surface area (Å²) in [5, 5.41) is 15.3. The third-order valence-corrected chi connectivity index (χ3v) is 6.38. The predicted octanol–water partition coefficient (Wildman–Crippen LogP) is 0.215. The molecule has 0 bridgehead atoms. The number of nitrogens with one attached hydrogen (secondary N) is 1. The van der Waals surface area contributed by atoms with Crippen LogP contribution in [0, 0.1) is 11.8 Å². The first-order valence-corrected chi connectivity index (χ1v) is 9.71.